The number of methoxy groups -OCH3 is 1. The molecule has 108 valence electrons. The molecule has 0 saturated heterocycles. The molecule has 3 aromatic rings. The molecule has 2 aromatic carbocycles. The molecular weight excluding hydrogens is 268 g/mol. The van der Waals surface area contributed by atoms with Gasteiger partial charge in [-0.1, -0.05) is 35.5 Å². The first-order valence-corrected chi connectivity index (χ1v) is 6.63. The van der Waals surface area contributed by atoms with Crippen LogP contribution in [0.1, 0.15) is 19.7 Å². The third-order valence-corrected chi connectivity index (χ3v) is 3.61. The lowest BCUT2D eigenvalue weighted by molar-refractivity contribution is 0.00973. The molecule has 21 heavy (non-hydrogen) atoms. The minimum atomic E-state index is -0.645. The molecule has 0 bridgehead atoms. The number of fused-ring (bicyclic) bond motifs is 1. The standard InChI is InChI=1S/C16H16N2O3/c1-16(2,20-3)15-17-14(21-18-15)12-9-8-10-6-4-5-7-11(10)13(12)19/h4-9,19H,1-3H3. The molecule has 0 aliphatic carbocycles. The van der Waals surface area contributed by atoms with Crippen molar-refractivity contribution < 1.29 is 14.4 Å². The summed E-state index contributed by atoms with van der Waals surface area (Å²) in [5, 5.41) is 16.1. The maximum Gasteiger partial charge on any atom is 0.261 e. The van der Waals surface area contributed by atoms with Crippen LogP contribution in [0.15, 0.2) is 40.9 Å². The van der Waals surface area contributed by atoms with Crippen LogP contribution in [0.4, 0.5) is 0 Å². The molecule has 1 aromatic heterocycles. The largest absolute Gasteiger partial charge is 0.506 e. The number of aromatic nitrogens is 2. The Labute approximate surface area is 122 Å². The van der Waals surface area contributed by atoms with Gasteiger partial charge >= 0.3 is 0 Å². The molecule has 0 unspecified atom stereocenters. The van der Waals surface area contributed by atoms with Crippen molar-refractivity contribution in [2.24, 2.45) is 0 Å². The van der Waals surface area contributed by atoms with Gasteiger partial charge in [0.2, 0.25) is 5.82 Å². The number of phenols is 1. The predicted octanol–water partition coefficient (Wildman–Crippen LogP) is 3.48. The summed E-state index contributed by atoms with van der Waals surface area (Å²) in [7, 11) is 1.59. The van der Waals surface area contributed by atoms with Crippen LogP contribution in [0.25, 0.3) is 22.2 Å². The average Bonchev–Trinajstić information content (AvgIpc) is 2.98. The topological polar surface area (TPSA) is 68.4 Å². The van der Waals surface area contributed by atoms with Crippen LogP contribution in [-0.2, 0) is 10.3 Å². The number of rotatable bonds is 3. The van der Waals surface area contributed by atoms with E-state index in [2.05, 4.69) is 10.1 Å². The Morgan fingerprint density at radius 2 is 1.90 bits per heavy atom. The SMILES string of the molecule is COC(C)(C)c1noc(-c2ccc3ccccc3c2O)n1. The van der Waals surface area contributed by atoms with Crippen molar-refractivity contribution in [1.29, 1.82) is 0 Å². The summed E-state index contributed by atoms with van der Waals surface area (Å²) in [4.78, 5) is 4.33. The third kappa shape index (κ3) is 2.25. The first-order chi connectivity index (χ1) is 10.0. The molecule has 0 aliphatic rings. The van der Waals surface area contributed by atoms with Gasteiger partial charge in [0.25, 0.3) is 5.89 Å². The van der Waals surface area contributed by atoms with Crippen LogP contribution in [0.5, 0.6) is 5.75 Å². The molecule has 0 spiro atoms. The fourth-order valence-electron chi connectivity index (χ4n) is 2.10. The van der Waals surface area contributed by atoms with Gasteiger partial charge in [-0.2, -0.15) is 4.98 Å². The van der Waals surface area contributed by atoms with Gasteiger partial charge in [0.15, 0.2) is 0 Å². The summed E-state index contributed by atoms with van der Waals surface area (Å²) in [5.74, 6) is 0.851. The lowest BCUT2D eigenvalue weighted by Gasteiger charge is -2.17. The zero-order valence-corrected chi connectivity index (χ0v) is 12.1. The van der Waals surface area contributed by atoms with Gasteiger partial charge < -0.3 is 14.4 Å². The molecule has 0 fully saturated rings. The van der Waals surface area contributed by atoms with E-state index in [1.54, 1.807) is 13.2 Å². The molecular formula is C16H16N2O3. The van der Waals surface area contributed by atoms with Crippen LogP contribution in [0.2, 0.25) is 0 Å². The molecule has 0 aliphatic heterocycles. The summed E-state index contributed by atoms with van der Waals surface area (Å²) >= 11 is 0. The molecule has 1 N–H and O–H groups in total. The molecule has 3 rings (SSSR count). The molecule has 5 heteroatoms. The van der Waals surface area contributed by atoms with Gasteiger partial charge in [0.05, 0.1) is 5.56 Å². The van der Waals surface area contributed by atoms with Crippen LogP contribution in [-0.4, -0.2) is 22.4 Å². The Hall–Kier alpha value is -2.40. The van der Waals surface area contributed by atoms with Crippen molar-refractivity contribution >= 4 is 10.8 Å². The highest BCUT2D eigenvalue weighted by atomic mass is 16.5. The van der Waals surface area contributed by atoms with E-state index in [0.29, 0.717) is 11.4 Å². The Balaban J connectivity index is 2.11. The summed E-state index contributed by atoms with van der Waals surface area (Å²) in [6, 6.07) is 11.3. The normalized spacial score (nSPS) is 12.0. The number of aromatic hydroxyl groups is 1. The fourth-order valence-corrected chi connectivity index (χ4v) is 2.10. The van der Waals surface area contributed by atoms with E-state index in [9.17, 15) is 5.11 Å². The number of hydrogen-bond acceptors (Lipinski definition) is 5. The first kappa shape index (κ1) is 13.6. The van der Waals surface area contributed by atoms with Crippen molar-refractivity contribution in [2.75, 3.05) is 7.11 Å². The summed E-state index contributed by atoms with van der Waals surface area (Å²) in [6.07, 6.45) is 0. The maximum atomic E-state index is 10.4. The van der Waals surface area contributed by atoms with E-state index in [1.165, 1.54) is 0 Å². The van der Waals surface area contributed by atoms with E-state index in [0.717, 1.165) is 10.8 Å². The van der Waals surface area contributed by atoms with Crippen molar-refractivity contribution in [3.05, 3.63) is 42.2 Å². The number of ether oxygens (including phenoxy) is 1. The first-order valence-electron chi connectivity index (χ1n) is 6.63. The van der Waals surface area contributed by atoms with Crippen LogP contribution in [0, 0.1) is 0 Å². The molecule has 5 nitrogen and oxygen atoms in total. The number of benzene rings is 2. The van der Waals surface area contributed by atoms with Crippen LogP contribution >= 0.6 is 0 Å². The molecule has 0 radical (unpaired) electrons. The summed E-state index contributed by atoms with van der Waals surface area (Å²) in [5.41, 5.74) is -0.131. The molecule has 0 amide bonds. The van der Waals surface area contributed by atoms with Gasteiger partial charge in [-0.05, 0) is 25.3 Å². The minimum absolute atomic E-state index is 0.138. The predicted molar refractivity (Wildman–Crippen MR) is 78.9 cm³/mol. The van der Waals surface area contributed by atoms with Gasteiger partial charge in [-0.15, -0.1) is 0 Å². The van der Waals surface area contributed by atoms with Gasteiger partial charge in [-0.3, -0.25) is 0 Å². The molecule has 1 heterocycles. The second-order valence-corrected chi connectivity index (χ2v) is 5.32. The highest BCUT2D eigenvalue weighted by molar-refractivity contribution is 5.93. The second-order valence-electron chi connectivity index (χ2n) is 5.32. The summed E-state index contributed by atoms with van der Waals surface area (Å²) < 4.78 is 10.6. The van der Waals surface area contributed by atoms with Crippen molar-refractivity contribution in [3.63, 3.8) is 0 Å². The number of nitrogens with zero attached hydrogens (tertiary/aromatic N) is 2. The Morgan fingerprint density at radius 1 is 1.14 bits per heavy atom. The van der Waals surface area contributed by atoms with Crippen molar-refractivity contribution in [2.45, 2.75) is 19.4 Å². The van der Waals surface area contributed by atoms with E-state index in [-0.39, 0.29) is 11.6 Å². The highest BCUT2D eigenvalue weighted by Gasteiger charge is 2.27. The number of phenolic OH excluding ortho intramolecular Hbond substituents is 1. The van der Waals surface area contributed by atoms with Crippen molar-refractivity contribution in [3.8, 4) is 17.2 Å². The van der Waals surface area contributed by atoms with E-state index >= 15 is 0 Å². The average molecular weight is 284 g/mol. The summed E-state index contributed by atoms with van der Waals surface area (Å²) in [6.45, 7) is 3.70. The number of hydrogen-bond donors (Lipinski definition) is 1. The maximum absolute atomic E-state index is 10.4. The molecule has 0 saturated carbocycles. The zero-order chi connectivity index (χ0) is 15.0. The van der Waals surface area contributed by atoms with E-state index in [1.807, 2.05) is 44.2 Å². The van der Waals surface area contributed by atoms with Gasteiger partial charge in [-0.25, -0.2) is 0 Å². The van der Waals surface area contributed by atoms with Gasteiger partial charge in [0, 0.05) is 12.5 Å². The highest BCUT2D eigenvalue weighted by Crippen LogP contribution is 2.35. The fraction of sp³-hybridized carbons (Fsp3) is 0.250. The van der Waals surface area contributed by atoms with E-state index in [4.69, 9.17) is 9.26 Å². The zero-order valence-electron chi connectivity index (χ0n) is 12.1. The third-order valence-electron chi connectivity index (χ3n) is 3.61. The monoisotopic (exact) mass is 284 g/mol. The molecule has 0 atom stereocenters. The Bertz CT molecular complexity index is 793. The second kappa shape index (κ2) is 4.86. The lowest BCUT2D eigenvalue weighted by Crippen LogP contribution is -2.21. The minimum Gasteiger partial charge on any atom is -0.506 e. The Kier molecular flexibility index (Phi) is 3.14. The van der Waals surface area contributed by atoms with E-state index < -0.39 is 5.60 Å². The Morgan fingerprint density at radius 3 is 2.67 bits per heavy atom. The smallest absolute Gasteiger partial charge is 0.261 e. The quantitative estimate of drug-likeness (QED) is 0.797. The lowest BCUT2D eigenvalue weighted by atomic mass is 10.1. The van der Waals surface area contributed by atoms with Crippen molar-refractivity contribution in [1.82, 2.24) is 10.1 Å². The van der Waals surface area contributed by atoms with Crippen LogP contribution < -0.4 is 0 Å². The van der Waals surface area contributed by atoms with Crippen LogP contribution in [0.3, 0.4) is 0 Å². The van der Waals surface area contributed by atoms with Gasteiger partial charge in [0.1, 0.15) is 11.4 Å².